The van der Waals surface area contributed by atoms with Crippen LogP contribution in [0.5, 0.6) is 5.75 Å². The van der Waals surface area contributed by atoms with Gasteiger partial charge in [0.15, 0.2) is 0 Å². The Morgan fingerprint density at radius 3 is 2.71 bits per heavy atom. The van der Waals surface area contributed by atoms with Crippen LogP contribution < -0.4 is 15.8 Å². The predicted molar refractivity (Wildman–Crippen MR) is 89.9 cm³/mol. The van der Waals surface area contributed by atoms with Gasteiger partial charge in [-0.3, -0.25) is 4.79 Å². The Bertz CT molecular complexity index is 465. The Balaban J connectivity index is 0.00000220. The van der Waals surface area contributed by atoms with Crippen LogP contribution >= 0.6 is 28.3 Å². The average Bonchev–Trinajstić information content (AvgIpc) is 2.88. The lowest BCUT2D eigenvalue weighted by atomic mass is 9.98. The van der Waals surface area contributed by atoms with E-state index in [1.54, 1.807) is 0 Å². The van der Waals surface area contributed by atoms with Gasteiger partial charge in [0.2, 0.25) is 5.91 Å². The van der Waals surface area contributed by atoms with Gasteiger partial charge in [-0.25, -0.2) is 0 Å². The van der Waals surface area contributed by atoms with Crippen molar-refractivity contribution < 1.29 is 9.53 Å². The highest BCUT2D eigenvalue weighted by Crippen LogP contribution is 2.28. The van der Waals surface area contributed by atoms with Crippen molar-refractivity contribution in [1.82, 2.24) is 5.32 Å². The Kier molecular flexibility index (Phi) is 7.49. The number of hydrogen-bond acceptors (Lipinski definition) is 3. The summed E-state index contributed by atoms with van der Waals surface area (Å²) in [7, 11) is 0. The molecule has 1 fully saturated rings. The van der Waals surface area contributed by atoms with Crippen molar-refractivity contribution in [3.05, 3.63) is 28.7 Å². The summed E-state index contributed by atoms with van der Waals surface area (Å²) in [6, 6.07) is 7.60. The van der Waals surface area contributed by atoms with Crippen molar-refractivity contribution in [2.45, 2.75) is 37.6 Å². The zero-order chi connectivity index (χ0) is 14.4. The first kappa shape index (κ1) is 18.3. The lowest BCUT2D eigenvalue weighted by molar-refractivity contribution is -0.123. The molecular formula is C15H22BrClN2O2. The number of carbonyl (C=O) groups excluding carboxylic acids is 1. The summed E-state index contributed by atoms with van der Waals surface area (Å²) in [5.74, 6) is 0.786. The van der Waals surface area contributed by atoms with Crippen molar-refractivity contribution in [2.75, 3.05) is 13.2 Å². The van der Waals surface area contributed by atoms with E-state index in [0.29, 0.717) is 19.6 Å². The van der Waals surface area contributed by atoms with Crippen LogP contribution in [0.3, 0.4) is 0 Å². The molecule has 4 nitrogen and oxygen atoms in total. The van der Waals surface area contributed by atoms with E-state index >= 15 is 0 Å². The molecule has 0 saturated heterocycles. The number of nitrogens with two attached hydrogens (primary N) is 1. The van der Waals surface area contributed by atoms with Gasteiger partial charge in [0.25, 0.3) is 0 Å². The zero-order valence-electron chi connectivity index (χ0n) is 11.9. The molecule has 1 aliphatic carbocycles. The van der Waals surface area contributed by atoms with Crippen molar-refractivity contribution in [3.8, 4) is 5.75 Å². The lowest BCUT2D eigenvalue weighted by Gasteiger charge is -2.28. The summed E-state index contributed by atoms with van der Waals surface area (Å²) in [4.78, 5) is 12.0. The van der Waals surface area contributed by atoms with Gasteiger partial charge in [-0.05, 0) is 31.0 Å². The topological polar surface area (TPSA) is 64.3 Å². The highest BCUT2D eigenvalue weighted by atomic mass is 79.9. The molecule has 0 spiro atoms. The first-order valence-corrected chi connectivity index (χ1v) is 7.82. The molecule has 118 valence electrons. The molecule has 2 rings (SSSR count). The molecule has 1 amide bonds. The molecule has 3 N–H and O–H groups in total. The quantitative estimate of drug-likeness (QED) is 0.801. The van der Waals surface area contributed by atoms with Crippen molar-refractivity contribution >= 4 is 34.2 Å². The Morgan fingerprint density at radius 2 is 2.10 bits per heavy atom. The molecule has 1 aliphatic rings. The zero-order valence-corrected chi connectivity index (χ0v) is 14.3. The minimum atomic E-state index is -0.174. The normalized spacial score (nSPS) is 16.1. The minimum absolute atomic E-state index is 0. The first-order valence-electron chi connectivity index (χ1n) is 7.03. The Labute approximate surface area is 140 Å². The molecule has 0 aliphatic heterocycles. The van der Waals surface area contributed by atoms with Crippen LogP contribution in [0.2, 0.25) is 0 Å². The van der Waals surface area contributed by atoms with E-state index in [1.807, 2.05) is 24.3 Å². The van der Waals surface area contributed by atoms with Crippen LogP contribution in [0, 0.1) is 0 Å². The standard InChI is InChI=1S/C15H21BrN2O2.ClH/c16-12-4-3-5-13(10-12)20-9-6-14(19)18-15(11-17)7-1-2-8-15;/h3-5,10H,1-2,6-9,11,17H2,(H,18,19);1H. The van der Waals surface area contributed by atoms with Gasteiger partial charge in [-0.2, -0.15) is 0 Å². The monoisotopic (exact) mass is 376 g/mol. The fraction of sp³-hybridized carbons (Fsp3) is 0.533. The number of ether oxygens (including phenoxy) is 1. The summed E-state index contributed by atoms with van der Waals surface area (Å²) in [6.45, 7) is 0.897. The fourth-order valence-corrected chi connectivity index (χ4v) is 2.99. The molecule has 1 saturated carbocycles. The lowest BCUT2D eigenvalue weighted by Crippen LogP contribution is -2.51. The van der Waals surface area contributed by atoms with Crippen LogP contribution in [0.25, 0.3) is 0 Å². The van der Waals surface area contributed by atoms with Crippen LogP contribution in [-0.4, -0.2) is 24.6 Å². The van der Waals surface area contributed by atoms with E-state index in [1.165, 1.54) is 0 Å². The van der Waals surface area contributed by atoms with Crippen LogP contribution in [-0.2, 0) is 4.79 Å². The third-order valence-corrected chi connectivity index (χ3v) is 4.24. The number of carbonyl (C=O) groups is 1. The van der Waals surface area contributed by atoms with Crippen LogP contribution in [0.15, 0.2) is 28.7 Å². The van der Waals surface area contributed by atoms with E-state index in [0.717, 1.165) is 35.9 Å². The highest BCUT2D eigenvalue weighted by molar-refractivity contribution is 9.10. The number of nitrogens with one attached hydrogen (secondary N) is 1. The van der Waals surface area contributed by atoms with Gasteiger partial charge < -0.3 is 15.8 Å². The van der Waals surface area contributed by atoms with Crippen LogP contribution in [0.4, 0.5) is 0 Å². The number of benzene rings is 1. The summed E-state index contributed by atoms with van der Waals surface area (Å²) < 4.78 is 6.53. The third-order valence-electron chi connectivity index (χ3n) is 3.75. The van der Waals surface area contributed by atoms with E-state index < -0.39 is 0 Å². The van der Waals surface area contributed by atoms with Gasteiger partial charge in [-0.1, -0.05) is 34.8 Å². The second-order valence-corrected chi connectivity index (χ2v) is 6.21. The predicted octanol–water partition coefficient (Wildman–Crippen LogP) is 3.03. The molecule has 1 aromatic carbocycles. The maximum absolute atomic E-state index is 12.0. The van der Waals surface area contributed by atoms with Gasteiger partial charge in [0.1, 0.15) is 5.75 Å². The van der Waals surface area contributed by atoms with Gasteiger partial charge >= 0.3 is 0 Å². The van der Waals surface area contributed by atoms with Gasteiger partial charge in [0, 0.05) is 11.0 Å². The molecule has 6 heteroatoms. The first-order chi connectivity index (χ1) is 9.63. The summed E-state index contributed by atoms with van der Waals surface area (Å²) in [5.41, 5.74) is 5.63. The molecule has 0 bridgehead atoms. The second kappa shape index (κ2) is 8.61. The maximum atomic E-state index is 12.0. The van der Waals surface area contributed by atoms with Crippen molar-refractivity contribution in [1.29, 1.82) is 0 Å². The highest BCUT2D eigenvalue weighted by Gasteiger charge is 2.33. The molecule has 0 heterocycles. The smallest absolute Gasteiger partial charge is 0.223 e. The maximum Gasteiger partial charge on any atom is 0.223 e. The number of halogens is 2. The van der Waals surface area contributed by atoms with E-state index in [2.05, 4.69) is 21.2 Å². The van der Waals surface area contributed by atoms with E-state index in [4.69, 9.17) is 10.5 Å². The molecule has 21 heavy (non-hydrogen) atoms. The third kappa shape index (κ3) is 5.49. The second-order valence-electron chi connectivity index (χ2n) is 5.30. The van der Waals surface area contributed by atoms with Gasteiger partial charge in [-0.15, -0.1) is 12.4 Å². The minimum Gasteiger partial charge on any atom is -0.493 e. The van der Waals surface area contributed by atoms with Gasteiger partial charge in [0.05, 0.1) is 18.6 Å². The van der Waals surface area contributed by atoms with Crippen LogP contribution in [0.1, 0.15) is 32.1 Å². The number of hydrogen-bond donors (Lipinski definition) is 2. The summed E-state index contributed by atoms with van der Waals surface area (Å²) in [5, 5.41) is 3.09. The summed E-state index contributed by atoms with van der Waals surface area (Å²) >= 11 is 3.38. The Hall–Kier alpha value is -0.780. The number of rotatable bonds is 6. The molecule has 0 radical (unpaired) electrons. The van der Waals surface area contributed by atoms with E-state index in [-0.39, 0.29) is 23.9 Å². The molecule has 0 atom stereocenters. The van der Waals surface area contributed by atoms with Crippen molar-refractivity contribution in [3.63, 3.8) is 0 Å². The fourth-order valence-electron chi connectivity index (χ4n) is 2.61. The number of amides is 1. The largest absolute Gasteiger partial charge is 0.493 e. The molecule has 1 aromatic rings. The summed E-state index contributed by atoms with van der Waals surface area (Å²) in [6.07, 6.45) is 4.62. The average molecular weight is 378 g/mol. The van der Waals surface area contributed by atoms with E-state index in [9.17, 15) is 4.79 Å². The molecule has 0 unspecified atom stereocenters. The SMILES string of the molecule is Cl.NCC1(NC(=O)CCOc2cccc(Br)c2)CCCC1. The Morgan fingerprint density at radius 1 is 1.38 bits per heavy atom. The molecule has 0 aromatic heterocycles. The molecular weight excluding hydrogens is 356 g/mol. The van der Waals surface area contributed by atoms with Crippen molar-refractivity contribution in [2.24, 2.45) is 5.73 Å².